The topological polar surface area (TPSA) is 9.23 Å². The van der Waals surface area contributed by atoms with Gasteiger partial charge in [0.1, 0.15) is 5.76 Å². The fourth-order valence-electron chi connectivity index (χ4n) is 1.37. The molecule has 1 atom stereocenters. The first kappa shape index (κ1) is 7.41. The fourth-order valence-corrected chi connectivity index (χ4v) is 1.37. The summed E-state index contributed by atoms with van der Waals surface area (Å²) in [5, 5.41) is 0. The number of ether oxygens (including phenoxy) is 1. The second-order valence-corrected chi connectivity index (χ2v) is 3.10. The number of benzene rings is 1. The molecule has 1 unspecified atom stereocenters. The highest BCUT2D eigenvalue weighted by Crippen LogP contribution is 2.25. The highest BCUT2D eigenvalue weighted by Gasteiger charge is 2.13. The van der Waals surface area contributed by atoms with E-state index in [1.165, 1.54) is 5.56 Å². The monoisotopic (exact) mass is 160 g/mol. The van der Waals surface area contributed by atoms with Crippen LogP contribution in [0.5, 0.6) is 0 Å². The molecule has 2 rings (SSSR count). The summed E-state index contributed by atoms with van der Waals surface area (Å²) in [5.41, 5.74) is 1.18. The zero-order chi connectivity index (χ0) is 8.39. The van der Waals surface area contributed by atoms with Crippen LogP contribution in [0.1, 0.15) is 18.9 Å². The van der Waals surface area contributed by atoms with Crippen LogP contribution >= 0.6 is 0 Å². The average molecular weight is 160 g/mol. The van der Waals surface area contributed by atoms with Gasteiger partial charge in [-0.25, -0.2) is 0 Å². The Morgan fingerprint density at radius 3 is 2.58 bits per heavy atom. The molecule has 0 saturated heterocycles. The Morgan fingerprint density at radius 1 is 1.25 bits per heavy atom. The van der Waals surface area contributed by atoms with Crippen molar-refractivity contribution in [1.82, 2.24) is 0 Å². The molecule has 0 bridgehead atoms. The standard InChI is InChI=1S/C11H12O/c1-9-7-8-11(12-9)10-5-3-2-4-6-10/h2-6,8-9H,7H2,1H3. The smallest absolute Gasteiger partial charge is 0.123 e. The molecule has 0 fully saturated rings. The van der Waals surface area contributed by atoms with Gasteiger partial charge in [-0.2, -0.15) is 0 Å². The Morgan fingerprint density at radius 2 is 2.00 bits per heavy atom. The zero-order valence-corrected chi connectivity index (χ0v) is 7.16. The van der Waals surface area contributed by atoms with Crippen LogP contribution in [-0.4, -0.2) is 6.10 Å². The van der Waals surface area contributed by atoms with E-state index < -0.39 is 0 Å². The van der Waals surface area contributed by atoms with Crippen molar-refractivity contribution in [3.05, 3.63) is 42.0 Å². The molecule has 1 aliphatic rings. The molecule has 0 aliphatic carbocycles. The third kappa shape index (κ3) is 1.35. The first-order chi connectivity index (χ1) is 5.86. The number of rotatable bonds is 1. The van der Waals surface area contributed by atoms with Crippen LogP contribution in [0.4, 0.5) is 0 Å². The summed E-state index contributed by atoms with van der Waals surface area (Å²) in [4.78, 5) is 0. The molecule has 1 heteroatoms. The number of hydrogen-bond acceptors (Lipinski definition) is 1. The Labute approximate surface area is 72.7 Å². The van der Waals surface area contributed by atoms with Crippen molar-refractivity contribution < 1.29 is 4.74 Å². The van der Waals surface area contributed by atoms with Crippen molar-refractivity contribution in [2.75, 3.05) is 0 Å². The lowest BCUT2D eigenvalue weighted by Gasteiger charge is -2.07. The normalized spacial score (nSPS) is 21.8. The minimum absolute atomic E-state index is 0.347. The summed E-state index contributed by atoms with van der Waals surface area (Å²) in [6.07, 6.45) is 3.53. The zero-order valence-electron chi connectivity index (χ0n) is 7.16. The minimum Gasteiger partial charge on any atom is -0.490 e. The Hall–Kier alpha value is -1.24. The van der Waals surface area contributed by atoms with E-state index in [0.29, 0.717) is 6.10 Å². The SMILES string of the molecule is CC1CC=C(c2ccccc2)O1. The summed E-state index contributed by atoms with van der Waals surface area (Å²) in [6, 6.07) is 10.2. The first-order valence-corrected chi connectivity index (χ1v) is 4.28. The van der Waals surface area contributed by atoms with Gasteiger partial charge in [-0.05, 0) is 13.0 Å². The van der Waals surface area contributed by atoms with Gasteiger partial charge in [0.15, 0.2) is 0 Å². The largest absolute Gasteiger partial charge is 0.490 e. The third-order valence-electron chi connectivity index (χ3n) is 2.02. The molecule has 0 N–H and O–H groups in total. The van der Waals surface area contributed by atoms with Crippen molar-refractivity contribution in [2.24, 2.45) is 0 Å². The molecule has 1 aromatic rings. The van der Waals surface area contributed by atoms with Crippen molar-refractivity contribution in [1.29, 1.82) is 0 Å². The molecule has 1 aromatic carbocycles. The Balaban J connectivity index is 2.22. The van der Waals surface area contributed by atoms with Crippen molar-refractivity contribution >= 4 is 5.76 Å². The molecule has 1 heterocycles. The molecular weight excluding hydrogens is 148 g/mol. The summed E-state index contributed by atoms with van der Waals surface area (Å²) in [7, 11) is 0. The fraction of sp³-hybridized carbons (Fsp3) is 0.273. The van der Waals surface area contributed by atoms with Gasteiger partial charge in [-0.1, -0.05) is 30.3 Å². The van der Waals surface area contributed by atoms with Gasteiger partial charge in [-0.15, -0.1) is 0 Å². The van der Waals surface area contributed by atoms with Gasteiger partial charge in [0.05, 0.1) is 6.10 Å². The lowest BCUT2D eigenvalue weighted by atomic mass is 10.2. The van der Waals surface area contributed by atoms with Crippen LogP contribution in [0.2, 0.25) is 0 Å². The predicted molar refractivity (Wildman–Crippen MR) is 49.6 cm³/mol. The molecule has 0 spiro atoms. The molecule has 12 heavy (non-hydrogen) atoms. The van der Waals surface area contributed by atoms with Crippen LogP contribution in [-0.2, 0) is 4.74 Å². The quantitative estimate of drug-likeness (QED) is 0.613. The van der Waals surface area contributed by atoms with E-state index in [1.54, 1.807) is 0 Å². The lowest BCUT2D eigenvalue weighted by Crippen LogP contribution is -1.97. The van der Waals surface area contributed by atoms with E-state index in [4.69, 9.17) is 4.74 Å². The maximum Gasteiger partial charge on any atom is 0.123 e. The first-order valence-electron chi connectivity index (χ1n) is 4.28. The maximum absolute atomic E-state index is 5.61. The lowest BCUT2D eigenvalue weighted by molar-refractivity contribution is 0.210. The van der Waals surface area contributed by atoms with E-state index in [-0.39, 0.29) is 0 Å². The third-order valence-corrected chi connectivity index (χ3v) is 2.02. The van der Waals surface area contributed by atoms with Crippen LogP contribution in [0, 0.1) is 0 Å². The Kier molecular flexibility index (Phi) is 1.86. The van der Waals surface area contributed by atoms with E-state index in [0.717, 1.165) is 12.2 Å². The van der Waals surface area contributed by atoms with Crippen LogP contribution in [0.15, 0.2) is 36.4 Å². The second-order valence-electron chi connectivity index (χ2n) is 3.10. The van der Waals surface area contributed by atoms with Crippen LogP contribution < -0.4 is 0 Å². The summed E-state index contributed by atoms with van der Waals surface area (Å²) in [5.74, 6) is 1.03. The summed E-state index contributed by atoms with van der Waals surface area (Å²) < 4.78 is 5.61. The van der Waals surface area contributed by atoms with Gasteiger partial charge < -0.3 is 4.74 Å². The predicted octanol–water partition coefficient (Wildman–Crippen LogP) is 2.84. The maximum atomic E-state index is 5.61. The molecule has 62 valence electrons. The molecule has 1 nitrogen and oxygen atoms in total. The summed E-state index contributed by atoms with van der Waals surface area (Å²) in [6.45, 7) is 2.09. The minimum atomic E-state index is 0.347. The van der Waals surface area contributed by atoms with Gasteiger partial charge in [0.2, 0.25) is 0 Å². The molecule has 0 amide bonds. The molecular formula is C11H12O. The molecule has 0 saturated carbocycles. The average Bonchev–Trinajstić information content (AvgIpc) is 2.54. The van der Waals surface area contributed by atoms with E-state index in [1.807, 2.05) is 18.2 Å². The molecule has 0 aromatic heterocycles. The van der Waals surface area contributed by atoms with E-state index >= 15 is 0 Å². The van der Waals surface area contributed by atoms with Crippen LogP contribution in [0.3, 0.4) is 0 Å². The highest BCUT2D eigenvalue weighted by molar-refractivity contribution is 5.61. The van der Waals surface area contributed by atoms with Gasteiger partial charge in [0, 0.05) is 12.0 Å². The van der Waals surface area contributed by atoms with Crippen molar-refractivity contribution in [3.8, 4) is 0 Å². The Bertz CT molecular complexity index is 287. The van der Waals surface area contributed by atoms with E-state index in [9.17, 15) is 0 Å². The van der Waals surface area contributed by atoms with Gasteiger partial charge in [-0.3, -0.25) is 0 Å². The summed E-state index contributed by atoms with van der Waals surface area (Å²) >= 11 is 0. The van der Waals surface area contributed by atoms with Gasteiger partial charge in [0.25, 0.3) is 0 Å². The highest BCUT2D eigenvalue weighted by atomic mass is 16.5. The van der Waals surface area contributed by atoms with Gasteiger partial charge >= 0.3 is 0 Å². The number of hydrogen-bond donors (Lipinski definition) is 0. The van der Waals surface area contributed by atoms with Crippen LogP contribution in [0.25, 0.3) is 5.76 Å². The van der Waals surface area contributed by atoms with E-state index in [2.05, 4.69) is 25.1 Å². The molecule has 1 aliphatic heterocycles. The molecule has 0 radical (unpaired) electrons. The van der Waals surface area contributed by atoms with Crippen molar-refractivity contribution in [3.63, 3.8) is 0 Å². The van der Waals surface area contributed by atoms with Crippen molar-refractivity contribution in [2.45, 2.75) is 19.4 Å². The second kappa shape index (κ2) is 3.02.